The molecule has 0 saturated heterocycles. The second kappa shape index (κ2) is 9.76. The van der Waals surface area contributed by atoms with E-state index in [2.05, 4.69) is 35.9 Å². The maximum Gasteiger partial charge on any atom is 0.251 e. The van der Waals surface area contributed by atoms with Crippen LogP contribution in [0, 0.1) is 0 Å². The summed E-state index contributed by atoms with van der Waals surface area (Å²) in [6.45, 7) is 8.42. The summed E-state index contributed by atoms with van der Waals surface area (Å²) in [5.74, 6) is 0.144. The molecule has 5 heteroatoms. The molecule has 0 bridgehead atoms. The summed E-state index contributed by atoms with van der Waals surface area (Å²) < 4.78 is 0. The third-order valence-corrected chi connectivity index (χ3v) is 4.44. The van der Waals surface area contributed by atoms with Crippen LogP contribution < -0.4 is 16.0 Å². The van der Waals surface area contributed by atoms with Gasteiger partial charge in [-0.3, -0.25) is 9.59 Å². The second-order valence-corrected chi connectivity index (χ2v) is 7.00. The number of hydrogen-bond donors (Lipinski definition) is 3. The van der Waals surface area contributed by atoms with E-state index in [4.69, 9.17) is 0 Å². The van der Waals surface area contributed by atoms with E-state index < -0.39 is 0 Å². The normalized spacial score (nSPS) is 11.7. The van der Waals surface area contributed by atoms with E-state index >= 15 is 0 Å². The molecule has 0 spiro atoms. The van der Waals surface area contributed by atoms with E-state index in [0.717, 1.165) is 12.1 Å². The Morgan fingerprint density at radius 3 is 2.26 bits per heavy atom. The van der Waals surface area contributed by atoms with E-state index in [9.17, 15) is 9.59 Å². The Morgan fingerprint density at radius 2 is 1.63 bits per heavy atom. The van der Waals surface area contributed by atoms with Crippen LogP contribution in [0.5, 0.6) is 0 Å². The Kier molecular flexibility index (Phi) is 7.41. The van der Waals surface area contributed by atoms with Crippen molar-refractivity contribution in [1.29, 1.82) is 0 Å². The van der Waals surface area contributed by atoms with Gasteiger partial charge < -0.3 is 16.0 Å². The number of amides is 2. The Bertz CT molecular complexity index is 769. The predicted octanol–water partition coefficient (Wildman–Crippen LogP) is 4.39. The van der Waals surface area contributed by atoms with Gasteiger partial charge in [-0.1, -0.05) is 39.0 Å². The summed E-state index contributed by atoms with van der Waals surface area (Å²) >= 11 is 0. The minimum absolute atomic E-state index is 0.103. The lowest BCUT2D eigenvalue weighted by molar-refractivity contribution is -0.114. The zero-order chi connectivity index (χ0) is 19.8. The van der Waals surface area contributed by atoms with Crippen molar-refractivity contribution in [3.8, 4) is 0 Å². The molecule has 5 nitrogen and oxygen atoms in total. The van der Waals surface area contributed by atoms with Crippen LogP contribution in [-0.2, 0) is 4.79 Å². The molecular weight excluding hydrogens is 338 g/mol. The topological polar surface area (TPSA) is 70.2 Å². The average molecular weight is 367 g/mol. The molecule has 0 radical (unpaired) electrons. The number of benzene rings is 2. The van der Waals surface area contributed by atoms with Gasteiger partial charge in [0, 0.05) is 23.0 Å². The number of hydrogen-bond acceptors (Lipinski definition) is 3. The minimum Gasteiger partial charge on any atom is -0.376 e. The molecule has 0 aromatic heterocycles. The molecule has 2 aromatic carbocycles. The number of nitrogens with one attached hydrogen (secondary N) is 3. The maximum atomic E-state index is 12.2. The van der Waals surface area contributed by atoms with Crippen molar-refractivity contribution in [1.82, 2.24) is 5.32 Å². The second-order valence-electron chi connectivity index (χ2n) is 7.00. The Hall–Kier alpha value is -2.82. The van der Waals surface area contributed by atoms with Crippen LogP contribution in [-0.4, -0.2) is 24.4 Å². The lowest BCUT2D eigenvalue weighted by Gasteiger charge is -2.14. The highest BCUT2D eigenvalue weighted by Crippen LogP contribution is 2.23. The van der Waals surface area contributed by atoms with Crippen LogP contribution in [0.3, 0.4) is 0 Å². The molecule has 0 saturated carbocycles. The summed E-state index contributed by atoms with van der Waals surface area (Å²) in [7, 11) is 0. The van der Waals surface area contributed by atoms with E-state index in [1.54, 1.807) is 24.3 Å². The average Bonchev–Trinajstić information content (AvgIpc) is 2.66. The van der Waals surface area contributed by atoms with Crippen LogP contribution in [0.2, 0.25) is 0 Å². The van der Waals surface area contributed by atoms with Crippen molar-refractivity contribution < 1.29 is 9.59 Å². The van der Waals surface area contributed by atoms with E-state index in [1.807, 2.05) is 32.0 Å². The van der Waals surface area contributed by atoms with Crippen molar-refractivity contribution in [2.45, 2.75) is 46.1 Å². The van der Waals surface area contributed by atoms with Gasteiger partial charge in [-0.2, -0.15) is 0 Å². The lowest BCUT2D eigenvalue weighted by atomic mass is 10.0. The summed E-state index contributed by atoms with van der Waals surface area (Å²) in [4.78, 5) is 24.3. The van der Waals surface area contributed by atoms with Crippen LogP contribution >= 0.6 is 0 Å². The number of anilines is 2. The van der Waals surface area contributed by atoms with Gasteiger partial charge >= 0.3 is 0 Å². The maximum absolute atomic E-state index is 12.2. The summed E-state index contributed by atoms with van der Waals surface area (Å²) in [5.41, 5.74) is 3.40. The highest BCUT2D eigenvalue weighted by molar-refractivity contribution is 5.96. The first-order valence-electron chi connectivity index (χ1n) is 9.44. The zero-order valence-corrected chi connectivity index (χ0v) is 16.5. The number of carbonyl (C=O) groups is 2. The lowest BCUT2D eigenvalue weighted by Crippen LogP contribution is -2.31. The minimum atomic E-state index is -0.134. The Labute approximate surface area is 161 Å². The van der Waals surface area contributed by atoms with Crippen LogP contribution in [0.25, 0.3) is 0 Å². The molecule has 1 atom stereocenters. The molecule has 2 aromatic rings. The first-order chi connectivity index (χ1) is 12.9. The van der Waals surface area contributed by atoms with Crippen molar-refractivity contribution in [3.05, 3.63) is 59.7 Å². The standard InChI is InChI=1S/C22H29N3O2/c1-5-16(4)24-22(27)17-10-12-18(13-11-17)25-21(26)14-23-20-9-7-6-8-19(20)15(2)3/h6-13,15-16,23H,5,14H2,1-4H3,(H,24,27)(H,25,26). The van der Waals surface area contributed by atoms with Gasteiger partial charge in [0.1, 0.15) is 0 Å². The van der Waals surface area contributed by atoms with E-state index in [0.29, 0.717) is 17.2 Å². The molecule has 0 aliphatic heterocycles. The van der Waals surface area contributed by atoms with Crippen molar-refractivity contribution in [2.75, 3.05) is 17.2 Å². The fourth-order valence-electron chi connectivity index (χ4n) is 2.66. The zero-order valence-electron chi connectivity index (χ0n) is 16.5. The highest BCUT2D eigenvalue weighted by atomic mass is 16.2. The van der Waals surface area contributed by atoms with Crippen LogP contribution in [0.1, 0.15) is 56.0 Å². The van der Waals surface area contributed by atoms with Crippen LogP contribution in [0.15, 0.2) is 48.5 Å². The van der Waals surface area contributed by atoms with E-state index in [1.165, 1.54) is 5.56 Å². The number of carbonyl (C=O) groups excluding carboxylic acids is 2. The van der Waals surface area contributed by atoms with Gasteiger partial charge in [-0.05, 0) is 55.2 Å². The molecule has 0 aliphatic rings. The van der Waals surface area contributed by atoms with Gasteiger partial charge in [-0.15, -0.1) is 0 Å². The molecular formula is C22H29N3O2. The monoisotopic (exact) mass is 367 g/mol. The molecule has 27 heavy (non-hydrogen) atoms. The third kappa shape index (κ3) is 6.13. The van der Waals surface area contributed by atoms with Gasteiger partial charge in [0.15, 0.2) is 0 Å². The smallest absolute Gasteiger partial charge is 0.251 e. The summed E-state index contributed by atoms with van der Waals surface area (Å²) in [5, 5.41) is 8.96. The summed E-state index contributed by atoms with van der Waals surface area (Å²) in [6.07, 6.45) is 0.882. The quantitative estimate of drug-likeness (QED) is 0.648. The molecule has 2 rings (SSSR count). The SMILES string of the molecule is CCC(C)NC(=O)c1ccc(NC(=O)CNc2ccccc2C(C)C)cc1. The first kappa shape index (κ1) is 20.5. The van der Waals surface area contributed by atoms with Gasteiger partial charge in [0.2, 0.25) is 5.91 Å². The fraction of sp³-hybridized carbons (Fsp3) is 0.364. The van der Waals surface area contributed by atoms with Crippen LogP contribution in [0.4, 0.5) is 11.4 Å². The predicted molar refractivity (Wildman–Crippen MR) is 111 cm³/mol. The molecule has 144 valence electrons. The Morgan fingerprint density at radius 1 is 0.963 bits per heavy atom. The molecule has 1 unspecified atom stereocenters. The van der Waals surface area contributed by atoms with Gasteiger partial charge in [-0.25, -0.2) is 0 Å². The largest absolute Gasteiger partial charge is 0.376 e. The molecule has 0 fully saturated rings. The number of rotatable bonds is 8. The highest BCUT2D eigenvalue weighted by Gasteiger charge is 2.10. The first-order valence-corrected chi connectivity index (χ1v) is 9.44. The Balaban J connectivity index is 1.90. The number of para-hydroxylation sites is 1. The van der Waals surface area contributed by atoms with Crippen molar-refractivity contribution >= 4 is 23.2 Å². The third-order valence-electron chi connectivity index (χ3n) is 4.44. The van der Waals surface area contributed by atoms with Crippen molar-refractivity contribution in [3.63, 3.8) is 0 Å². The van der Waals surface area contributed by atoms with Gasteiger partial charge in [0.05, 0.1) is 6.54 Å². The molecule has 0 heterocycles. The summed E-state index contributed by atoms with van der Waals surface area (Å²) in [6, 6.07) is 15.0. The molecule has 2 amide bonds. The van der Waals surface area contributed by atoms with Gasteiger partial charge in [0.25, 0.3) is 5.91 Å². The molecule has 0 aliphatic carbocycles. The van der Waals surface area contributed by atoms with Crippen molar-refractivity contribution in [2.24, 2.45) is 0 Å². The molecule has 3 N–H and O–H groups in total. The fourth-order valence-corrected chi connectivity index (χ4v) is 2.66. The van der Waals surface area contributed by atoms with E-state index in [-0.39, 0.29) is 24.4 Å².